The molecule has 0 aliphatic heterocycles. The van der Waals surface area contributed by atoms with Crippen molar-refractivity contribution in [3.05, 3.63) is 23.8 Å². The zero-order valence-corrected chi connectivity index (χ0v) is 13.4. The molecule has 0 spiro atoms. The van der Waals surface area contributed by atoms with Gasteiger partial charge in [-0.3, -0.25) is 4.79 Å². The van der Waals surface area contributed by atoms with Crippen LogP contribution in [-0.4, -0.2) is 33.0 Å². The van der Waals surface area contributed by atoms with Gasteiger partial charge < -0.3 is 11.1 Å². The maximum absolute atomic E-state index is 12.7. The third kappa shape index (κ3) is 2.61. The SMILES string of the molecule is Cn1nnc2cc(C(=O)NC3C4CCCC3CC(N)C4)ccc21. The molecule has 6 heteroatoms. The summed E-state index contributed by atoms with van der Waals surface area (Å²) in [6, 6.07) is 6.15. The van der Waals surface area contributed by atoms with Gasteiger partial charge in [-0.15, -0.1) is 5.10 Å². The quantitative estimate of drug-likeness (QED) is 0.882. The highest BCUT2D eigenvalue weighted by Crippen LogP contribution is 2.39. The Balaban J connectivity index is 1.54. The molecule has 2 fully saturated rings. The lowest BCUT2D eigenvalue weighted by molar-refractivity contribution is 0.0756. The van der Waals surface area contributed by atoms with Crippen LogP contribution in [-0.2, 0) is 7.05 Å². The minimum Gasteiger partial charge on any atom is -0.349 e. The monoisotopic (exact) mass is 313 g/mol. The number of amides is 1. The van der Waals surface area contributed by atoms with Gasteiger partial charge in [0.1, 0.15) is 5.52 Å². The first-order chi connectivity index (χ1) is 11.1. The third-order valence-corrected chi connectivity index (χ3v) is 5.55. The highest BCUT2D eigenvalue weighted by molar-refractivity contribution is 5.97. The van der Waals surface area contributed by atoms with Crippen molar-refractivity contribution >= 4 is 16.9 Å². The van der Waals surface area contributed by atoms with Gasteiger partial charge in [-0.2, -0.15) is 0 Å². The van der Waals surface area contributed by atoms with Crippen molar-refractivity contribution < 1.29 is 4.79 Å². The Morgan fingerprint density at radius 1 is 1.30 bits per heavy atom. The summed E-state index contributed by atoms with van der Waals surface area (Å²) >= 11 is 0. The first kappa shape index (κ1) is 14.6. The van der Waals surface area contributed by atoms with Gasteiger partial charge >= 0.3 is 0 Å². The molecule has 23 heavy (non-hydrogen) atoms. The molecular formula is C17H23N5O. The lowest BCUT2D eigenvalue weighted by Gasteiger charge is -2.45. The first-order valence-electron chi connectivity index (χ1n) is 8.47. The molecule has 1 amide bonds. The van der Waals surface area contributed by atoms with Crippen LogP contribution in [0.15, 0.2) is 18.2 Å². The number of carbonyl (C=O) groups is 1. The summed E-state index contributed by atoms with van der Waals surface area (Å²) in [5.74, 6) is 1.05. The molecular weight excluding hydrogens is 290 g/mol. The number of benzene rings is 1. The summed E-state index contributed by atoms with van der Waals surface area (Å²) in [7, 11) is 1.85. The van der Waals surface area contributed by atoms with Gasteiger partial charge in [-0.05, 0) is 55.7 Å². The van der Waals surface area contributed by atoms with Gasteiger partial charge in [0.2, 0.25) is 0 Å². The largest absolute Gasteiger partial charge is 0.349 e. The molecule has 1 heterocycles. The van der Waals surface area contributed by atoms with Crippen molar-refractivity contribution in [1.29, 1.82) is 0 Å². The fraction of sp³-hybridized carbons (Fsp3) is 0.588. The van der Waals surface area contributed by atoms with Gasteiger partial charge in [0.25, 0.3) is 5.91 Å². The molecule has 0 radical (unpaired) electrons. The van der Waals surface area contributed by atoms with Gasteiger partial charge in [-0.25, -0.2) is 4.68 Å². The predicted molar refractivity (Wildman–Crippen MR) is 87.8 cm³/mol. The van der Waals surface area contributed by atoms with E-state index < -0.39 is 0 Å². The standard InChI is InChI=1S/C17H23N5O/c1-22-15-6-5-12(9-14(15)20-21-22)17(23)19-16-10-3-2-4-11(16)8-13(18)7-10/h5-6,9-11,13,16H,2-4,7-8,18H2,1H3,(H,19,23). The van der Waals surface area contributed by atoms with Crippen LogP contribution in [0.2, 0.25) is 0 Å². The van der Waals surface area contributed by atoms with Crippen molar-refractivity contribution in [3.63, 3.8) is 0 Å². The van der Waals surface area contributed by atoms with Crippen molar-refractivity contribution in [3.8, 4) is 0 Å². The van der Waals surface area contributed by atoms with Crippen LogP contribution in [0.25, 0.3) is 11.0 Å². The van der Waals surface area contributed by atoms with Gasteiger partial charge in [0, 0.05) is 24.7 Å². The highest BCUT2D eigenvalue weighted by Gasteiger charge is 2.39. The lowest BCUT2D eigenvalue weighted by atomic mass is 9.67. The average Bonchev–Trinajstić information content (AvgIpc) is 2.89. The third-order valence-electron chi connectivity index (χ3n) is 5.55. The van der Waals surface area contributed by atoms with Crippen molar-refractivity contribution in [2.45, 2.75) is 44.2 Å². The molecule has 0 saturated heterocycles. The van der Waals surface area contributed by atoms with E-state index in [0.29, 0.717) is 23.4 Å². The van der Waals surface area contributed by atoms with E-state index in [2.05, 4.69) is 15.6 Å². The average molecular weight is 313 g/mol. The summed E-state index contributed by atoms with van der Waals surface area (Å²) in [5, 5.41) is 11.4. The van der Waals surface area contributed by atoms with Crippen molar-refractivity contribution in [2.24, 2.45) is 24.6 Å². The molecule has 2 atom stereocenters. The van der Waals surface area contributed by atoms with Crippen molar-refractivity contribution in [1.82, 2.24) is 20.3 Å². The molecule has 2 aliphatic carbocycles. The van der Waals surface area contributed by atoms with E-state index in [1.165, 1.54) is 19.3 Å². The number of aryl methyl sites for hydroxylation is 1. The van der Waals surface area contributed by atoms with Crippen LogP contribution < -0.4 is 11.1 Å². The Bertz CT molecular complexity index is 726. The molecule has 2 unspecified atom stereocenters. The van der Waals surface area contributed by atoms with E-state index in [9.17, 15) is 4.79 Å². The number of carbonyl (C=O) groups excluding carboxylic acids is 1. The summed E-state index contributed by atoms with van der Waals surface area (Å²) < 4.78 is 1.71. The molecule has 4 rings (SSSR count). The molecule has 2 bridgehead atoms. The zero-order valence-electron chi connectivity index (χ0n) is 13.4. The van der Waals surface area contributed by atoms with Gasteiger partial charge in [-0.1, -0.05) is 11.6 Å². The summed E-state index contributed by atoms with van der Waals surface area (Å²) in [6.07, 6.45) is 5.69. The number of nitrogens with zero attached hydrogens (tertiary/aromatic N) is 3. The molecule has 2 aromatic rings. The lowest BCUT2D eigenvalue weighted by Crippen LogP contribution is -2.53. The number of rotatable bonds is 2. The molecule has 1 aromatic carbocycles. The van der Waals surface area contributed by atoms with Crippen LogP contribution in [0.5, 0.6) is 0 Å². The van der Waals surface area contributed by atoms with Crippen LogP contribution in [0.4, 0.5) is 0 Å². The van der Waals surface area contributed by atoms with Crippen LogP contribution in [0.3, 0.4) is 0 Å². The molecule has 122 valence electrons. The maximum Gasteiger partial charge on any atom is 0.251 e. The maximum atomic E-state index is 12.7. The molecule has 3 N–H and O–H groups in total. The molecule has 2 saturated carbocycles. The fourth-order valence-corrected chi connectivity index (χ4v) is 4.44. The van der Waals surface area contributed by atoms with Crippen LogP contribution in [0, 0.1) is 11.8 Å². The van der Waals surface area contributed by atoms with E-state index in [0.717, 1.165) is 23.9 Å². The topological polar surface area (TPSA) is 85.8 Å². The Hall–Kier alpha value is -1.95. The second kappa shape index (κ2) is 5.60. The van der Waals surface area contributed by atoms with E-state index in [4.69, 9.17) is 5.73 Å². The van der Waals surface area contributed by atoms with E-state index in [1.54, 1.807) is 4.68 Å². The number of fused-ring (bicyclic) bond motifs is 3. The number of nitrogens with one attached hydrogen (secondary N) is 1. The predicted octanol–water partition coefficient (Wildman–Crippen LogP) is 1.60. The zero-order chi connectivity index (χ0) is 16.0. The normalized spacial score (nSPS) is 30.3. The summed E-state index contributed by atoms with van der Waals surface area (Å²) in [4.78, 5) is 12.7. The Kier molecular flexibility index (Phi) is 3.56. The fourth-order valence-electron chi connectivity index (χ4n) is 4.44. The van der Waals surface area contributed by atoms with E-state index in [-0.39, 0.29) is 11.9 Å². The highest BCUT2D eigenvalue weighted by atomic mass is 16.1. The molecule has 2 aliphatic rings. The number of hydrogen-bond acceptors (Lipinski definition) is 4. The summed E-state index contributed by atoms with van der Waals surface area (Å²) in [6.45, 7) is 0. The Labute approximate surface area is 135 Å². The Morgan fingerprint density at radius 3 is 2.78 bits per heavy atom. The smallest absolute Gasteiger partial charge is 0.251 e. The van der Waals surface area contributed by atoms with Crippen LogP contribution >= 0.6 is 0 Å². The Morgan fingerprint density at radius 2 is 2.04 bits per heavy atom. The minimum atomic E-state index is -0.00470. The minimum absolute atomic E-state index is 0.00470. The van der Waals surface area contributed by atoms with Gasteiger partial charge in [0.15, 0.2) is 0 Å². The molecule has 1 aromatic heterocycles. The second-order valence-electron chi connectivity index (χ2n) is 7.10. The first-order valence-corrected chi connectivity index (χ1v) is 8.47. The van der Waals surface area contributed by atoms with Gasteiger partial charge in [0.05, 0.1) is 5.52 Å². The van der Waals surface area contributed by atoms with Crippen LogP contribution in [0.1, 0.15) is 42.5 Å². The van der Waals surface area contributed by atoms with E-state index in [1.807, 2.05) is 25.2 Å². The number of hydrogen-bond donors (Lipinski definition) is 2. The number of aromatic nitrogens is 3. The number of nitrogens with two attached hydrogens (primary N) is 1. The molecule has 6 nitrogen and oxygen atoms in total. The van der Waals surface area contributed by atoms with Crippen molar-refractivity contribution in [2.75, 3.05) is 0 Å². The summed E-state index contributed by atoms with van der Waals surface area (Å²) in [5.41, 5.74) is 8.51. The second-order valence-corrected chi connectivity index (χ2v) is 7.10. The van der Waals surface area contributed by atoms with E-state index >= 15 is 0 Å².